The van der Waals surface area contributed by atoms with E-state index in [1.165, 1.54) is 64.6 Å². The Hall–Kier alpha value is -0.120. The van der Waals surface area contributed by atoms with Crippen molar-refractivity contribution in [3.05, 3.63) is 0 Å². The highest BCUT2D eigenvalue weighted by atomic mass is 16.5. The van der Waals surface area contributed by atoms with Crippen LogP contribution in [0, 0.1) is 0 Å². The summed E-state index contributed by atoms with van der Waals surface area (Å²) in [4.78, 5) is 2.80. The zero-order chi connectivity index (χ0) is 13.3. The van der Waals surface area contributed by atoms with E-state index >= 15 is 0 Å². The van der Waals surface area contributed by atoms with Crippen LogP contribution in [0.2, 0.25) is 0 Å². The Morgan fingerprint density at radius 3 is 2.68 bits per heavy atom. The number of nitrogens with one attached hydrogen (secondary N) is 1. The Bertz CT molecular complexity index is 301. The van der Waals surface area contributed by atoms with Crippen molar-refractivity contribution in [1.82, 2.24) is 10.2 Å². The van der Waals surface area contributed by atoms with Crippen LogP contribution in [-0.2, 0) is 4.74 Å². The van der Waals surface area contributed by atoms with Crippen molar-refractivity contribution in [3.8, 4) is 0 Å². The number of nitrogens with zero attached hydrogens (tertiary/aromatic N) is 1. The maximum Gasteiger partial charge on any atom is 0.0706 e. The molecule has 3 aliphatic rings. The van der Waals surface area contributed by atoms with Gasteiger partial charge in [-0.2, -0.15) is 0 Å². The van der Waals surface area contributed by atoms with Gasteiger partial charge in [-0.3, -0.25) is 4.90 Å². The molecule has 0 amide bonds. The van der Waals surface area contributed by atoms with E-state index in [-0.39, 0.29) is 0 Å². The zero-order valence-corrected chi connectivity index (χ0v) is 12.7. The standard InChI is InChI=1S/C16H30N2O/c1-3-14-10-18(11-15-7-6-13(2)19-15)16(12-17-14)8-4-5-9-16/h13-15,17H,3-12H2,1-2H3. The van der Waals surface area contributed by atoms with E-state index < -0.39 is 0 Å². The molecule has 2 saturated heterocycles. The number of piperazine rings is 1. The number of ether oxygens (including phenoxy) is 1. The topological polar surface area (TPSA) is 24.5 Å². The summed E-state index contributed by atoms with van der Waals surface area (Å²) >= 11 is 0. The van der Waals surface area contributed by atoms with E-state index in [0.29, 0.717) is 23.8 Å². The normalized spacial score (nSPS) is 39.2. The fourth-order valence-corrected chi connectivity index (χ4v) is 4.30. The van der Waals surface area contributed by atoms with Gasteiger partial charge in [0.25, 0.3) is 0 Å². The van der Waals surface area contributed by atoms with E-state index in [1.807, 2.05) is 0 Å². The van der Waals surface area contributed by atoms with Gasteiger partial charge in [0, 0.05) is 31.2 Å². The molecule has 3 unspecified atom stereocenters. The van der Waals surface area contributed by atoms with Crippen molar-refractivity contribution < 1.29 is 4.74 Å². The molecule has 110 valence electrons. The van der Waals surface area contributed by atoms with E-state index in [4.69, 9.17) is 4.74 Å². The molecule has 0 aromatic rings. The van der Waals surface area contributed by atoms with Gasteiger partial charge in [-0.1, -0.05) is 19.8 Å². The molecule has 1 saturated carbocycles. The van der Waals surface area contributed by atoms with Crippen molar-refractivity contribution >= 4 is 0 Å². The number of hydrogen-bond donors (Lipinski definition) is 1. The molecule has 0 aromatic carbocycles. The molecule has 2 aliphatic heterocycles. The van der Waals surface area contributed by atoms with Gasteiger partial charge in [0.15, 0.2) is 0 Å². The highest BCUT2D eigenvalue weighted by Gasteiger charge is 2.44. The van der Waals surface area contributed by atoms with Crippen LogP contribution in [0.5, 0.6) is 0 Å². The second-order valence-corrected chi connectivity index (χ2v) is 6.97. The largest absolute Gasteiger partial charge is 0.374 e. The summed E-state index contributed by atoms with van der Waals surface area (Å²) in [6.07, 6.45) is 10.3. The maximum absolute atomic E-state index is 6.07. The highest BCUT2D eigenvalue weighted by Crippen LogP contribution is 2.38. The Morgan fingerprint density at radius 2 is 2.05 bits per heavy atom. The van der Waals surface area contributed by atoms with Crippen LogP contribution in [0.25, 0.3) is 0 Å². The SMILES string of the molecule is CCC1CN(CC2CCC(C)O2)C2(CCCC2)CN1. The van der Waals surface area contributed by atoms with Crippen LogP contribution >= 0.6 is 0 Å². The highest BCUT2D eigenvalue weighted by molar-refractivity contribution is 5.02. The summed E-state index contributed by atoms with van der Waals surface area (Å²) in [6.45, 7) is 8.12. The van der Waals surface area contributed by atoms with Crippen LogP contribution in [0.15, 0.2) is 0 Å². The van der Waals surface area contributed by atoms with Crippen molar-refractivity contribution in [1.29, 1.82) is 0 Å². The van der Waals surface area contributed by atoms with Gasteiger partial charge in [0.05, 0.1) is 12.2 Å². The van der Waals surface area contributed by atoms with Crippen LogP contribution in [-0.4, -0.2) is 48.3 Å². The molecule has 0 aromatic heterocycles. The molecule has 3 atom stereocenters. The lowest BCUT2D eigenvalue weighted by atomic mass is 9.90. The van der Waals surface area contributed by atoms with Gasteiger partial charge >= 0.3 is 0 Å². The quantitative estimate of drug-likeness (QED) is 0.849. The molecular weight excluding hydrogens is 236 g/mol. The molecule has 2 heterocycles. The first-order chi connectivity index (χ1) is 9.22. The summed E-state index contributed by atoms with van der Waals surface area (Å²) in [7, 11) is 0. The number of hydrogen-bond acceptors (Lipinski definition) is 3. The molecule has 3 fully saturated rings. The van der Waals surface area contributed by atoms with Gasteiger partial charge in [0.2, 0.25) is 0 Å². The summed E-state index contributed by atoms with van der Waals surface area (Å²) in [5.41, 5.74) is 0.459. The van der Waals surface area contributed by atoms with Gasteiger partial charge in [-0.05, 0) is 39.0 Å². The van der Waals surface area contributed by atoms with E-state index in [2.05, 4.69) is 24.1 Å². The third-order valence-corrected chi connectivity index (χ3v) is 5.60. The third-order valence-electron chi connectivity index (χ3n) is 5.60. The molecule has 0 bridgehead atoms. The molecule has 1 aliphatic carbocycles. The molecule has 0 radical (unpaired) electrons. The second kappa shape index (κ2) is 5.71. The van der Waals surface area contributed by atoms with Crippen molar-refractivity contribution in [2.75, 3.05) is 19.6 Å². The van der Waals surface area contributed by atoms with Crippen molar-refractivity contribution in [3.63, 3.8) is 0 Å². The summed E-state index contributed by atoms with van der Waals surface area (Å²) in [5.74, 6) is 0. The Kier molecular flexibility index (Phi) is 4.16. The molecule has 3 nitrogen and oxygen atoms in total. The molecule has 1 N–H and O–H groups in total. The minimum absolute atomic E-state index is 0.459. The Balaban J connectivity index is 1.66. The smallest absolute Gasteiger partial charge is 0.0706 e. The summed E-state index contributed by atoms with van der Waals surface area (Å²) in [5, 5.41) is 3.78. The van der Waals surface area contributed by atoms with Gasteiger partial charge in [-0.15, -0.1) is 0 Å². The van der Waals surface area contributed by atoms with Gasteiger partial charge in [-0.25, -0.2) is 0 Å². The maximum atomic E-state index is 6.07. The van der Waals surface area contributed by atoms with Gasteiger partial charge < -0.3 is 10.1 Å². The van der Waals surface area contributed by atoms with Crippen LogP contribution in [0.3, 0.4) is 0 Å². The lowest BCUT2D eigenvalue weighted by Gasteiger charge is -2.49. The molecule has 1 spiro atoms. The van der Waals surface area contributed by atoms with Crippen molar-refractivity contribution in [2.45, 2.75) is 82.6 Å². The van der Waals surface area contributed by atoms with Gasteiger partial charge in [0.1, 0.15) is 0 Å². The fraction of sp³-hybridized carbons (Fsp3) is 1.00. The van der Waals surface area contributed by atoms with Crippen molar-refractivity contribution in [2.24, 2.45) is 0 Å². The van der Waals surface area contributed by atoms with Crippen LogP contribution in [0.4, 0.5) is 0 Å². The number of rotatable bonds is 3. The van der Waals surface area contributed by atoms with Crippen LogP contribution in [0.1, 0.15) is 58.8 Å². The lowest BCUT2D eigenvalue weighted by molar-refractivity contribution is -0.0216. The van der Waals surface area contributed by atoms with E-state index in [9.17, 15) is 0 Å². The minimum Gasteiger partial charge on any atom is -0.374 e. The summed E-state index contributed by atoms with van der Waals surface area (Å²) < 4.78 is 6.07. The van der Waals surface area contributed by atoms with E-state index in [1.54, 1.807) is 0 Å². The molecule has 3 rings (SSSR count). The minimum atomic E-state index is 0.459. The predicted octanol–water partition coefficient (Wildman–Crippen LogP) is 2.55. The second-order valence-electron chi connectivity index (χ2n) is 6.97. The monoisotopic (exact) mass is 266 g/mol. The average Bonchev–Trinajstić information content (AvgIpc) is 3.03. The average molecular weight is 266 g/mol. The first-order valence-corrected chi connectivity index (χ1v) is 8.36. The zero-order valence-electron chi connectivity index (χ0n) is 12.7. The van der Waals surface area contributed by atoms with Crippen LogP contribution < -0.4 is 5.32 Å². The predicted molar refractivity (Wildman–Crippen MR) is 78.4 cm³/mol. The molecular formula is C16H30N2O. The third kappa shape index (κ3) is 2.84. The first-order valence-electron chi connectivity index (χ1n) is 8.36. The Morgan fingerprint density at radius 1 is 1.26 bits per heavy atom. The molecule has 19 heavy (non-hydrogen) atoms. The molecule has 3 heteroatoms. The lowest BCUT2D eigenvalue weighted by Crippen LogP contribution is -2.64. The Labute approximate surface area is 118 Å². The fourth-order valence-electron chi connectivity index (χ4n) is 4.30. The summed E-state index contributed by atoms with van der Waals surface area (Å²) in [6, 6.07) is 0.685. The van der Waals surface area contributed by atoms with E-state index in [0.717, 1.165) is 0 Å². The first kappa shape index (κ1) is 13.8.